The van der Waals surface area contributed by atoms with Gasteiger partial charge in [-0.25, -0.2) is 9.18 Å². The normalized spacial score (nSPS) is 12.5. The molecule has 162 valence electrons. The van der Waals surface area contributed by atoms with Crippen LogP contribution in [0.15, 0.2) is 53.7 Å². The van der Waals surface area contributed by atoms with E-state index in [1.165, 1.54) is 30.1 Å². The fraction of sp³-hybridized carbons (Fsp3) is 0.304. The molecule has 1 heterocycles. The van der Waals surface area contributed by atoms with Gasteiger partial charge in [-0.1, -0.05) is 50.7 Å². The van der Waals surface area contributed by atoms with Crippen LogP contribution < -0.4 is 0 Å². The van der Waals surface area contributed by atoms with Crippen molar-refractivity contribution >= 4 is 23.9 Å². The van der Waals surface area contributed by atoms with Gasteiger partial charge in [0.15, 0.2) is 5.16 Å². The van der Waals surface area contributed by atoms with Crippen molar-refractivity contribution in [2.45, 2.75) is 44.0 Å². The first-order valence-electron chi connectivity index (χ1n) is 9.98. The van der Waals surface area contributed by atoms with E-state index in [0.29, 0.717) is 17.3 Å². The van der Waals surface area contributed by atoms with E-state index in [0.717, 1.165) is 17.8 Å². The zero-order chi connectivity index (χ0) is 22.6. The highest BCUT2D eigenvalue weighted by atomic mass is 32.2. The molecular weight excluding hydrogens is 415 g/mol. The number of aromatic nitrogens is 3. The Labute approximate surface area is 185 Å². The summed E-state index contributed by atoms with van der Waals surface area (Å²) in [6.07, 6.45) is 2.92. The largest absolute Gasteiger partial charge is 0.478 e. The summed E-state index contributed by atoms with van der Waals surface area (Å²) in [7, 11) is 0. The van der Waals surface area contributed by atoms with Crippen LogP contribution in [0.5, 0.6) is 0 Å². The van der Waals surface area contributed by atoms with Gasteiger partial charge in [0.05, 0.1) is 11.3 Å². The Hall–Kier alpha value is -3.00. The van der Waals surface area contributed by atoms with Crippen molar-refractivity contribution in [1.29, 1.82) is 5.41 Å². The first-order valence-corrected chi connectivity index (χ1v) is 10.9. The van der Waals surface area contributed by atoms with Gasteiger partial charge in [0, 0.05) is 23.3 Å². The summed E-state index contributed by atoms with van der Waals surface area (Å²) >= 11 is 1.43. The number of thioether (sulfide) groups is 1. The fourth-order valence-electron chi connectivity index (χ4n) is 3.27. The van der Waals surface area contributed by atoms with E-state index in [9.17, 15) is 14.3 Å². The number of halogens is 1. The van der Waals surface area contributed by atoms with E-state index < -0.39 is 11.4 Å². The number of carboxylic acid groups (broad SMARTS) is 1. The van der Waals surface area contributed by atoms with Crippen LogP contribution in [0.25, 0.3) is 5.69 Å². The highest BCUT2D eigenvalue weighted by Gasteiger charge is 2.32. The summed E-state index contributed by atoms with van der Waals surface area (Å²) in [5.41, 5.74) is 1.17. The third kappa shape index (κ3) is 5.02. The van der Waals surface area contributed by atoms with Crippen molar-refractivity contribution in [2.75, 3.05) is 0 Å². The van der Waals surface area contributed by atoms with Crippen LogP contribution in [0.1, 0.15) is 54.2 Å². The second kappa shape index (κ2) is 9.43. The standard InChI is InChI=1S/C23H25FN4O2S/c1-4-6-19-26-27-22(28(19)18-8-5-7-16(13-18)21(29)30)31-20(23(2,3)14-25)15-9-11-17(24)12-10-15/h5,7-14,20,25H,4,6H2,1-3H3,(H,29,30). The average Bonchev–Trinajstić information content (AvgIpc) is 3.15. The molecule has 0 amide bonds. The van der Waals surface area contributed by atoms with Gasteiger partial charge < -0.3 is 10.5 Å². The predicted octanol–water partition coefficient (Wildman–Crippen LogP) is 5.57. The Kier molecular flexibility index (Phi) is 6.90. The first-order chi connectivity index (χ1) is 14.8. The zero-order valence-electron chi connectivity index (χ0n) is 17.7. The third-order valence-electron chi connectivity index (χ3n) is 4.97. The number of nitrogens with zero attached hydrogens (tertiary/aromatic N) is 3. The minimum Gasteiger partial charge on any atom is -0.478 e. The number of hydrogen-bond donors (Lipinski definition) is 2. The number of hydrogen-bond acceptors (Lipinski definition) is 5. The van der Waals surface area contributed by atoms with E-state index >= 15 is 0 Å². The van der Waals surface area contributed by atoms with Gasteiger partial charge in [-0.15, -0.1) is 10.2 Å². The van der Waals surface area contributed by atoms with Gasteiger partial charge in [0.1, 0.15) is 11.6 Å². The Morgan fingerprint density at radius 1 is 1.26 bits per heavy atom. The summed E-state index contributed by atoms with van der Waals surface area (Å²) in [6, 6.07) is 12.9. The molecule has 3 rings (SSSR count). The van der Waals surface area contributed by atoms with Gasteiger partial charge in [0.25, 0.3) is 0 Å². The molecule has 2 aromatic carbocycles. The Morgan fingerprint density at radius 2 is 1.97 bits per heavy atom. The molecule has 0 aliphatic heterocycles. The van der Waals surface area contributed by atoms with Gasteiger partial charge in [0.2, 0.25) is 0 Å². The van der Waals surface area contributed by atoms with E-state index in [-0.39, 0.29) is 16.6 Å². The topological polar surface area (TPSA) is 91.9 Å². The second-order valence-corrected chi connectivity index (χ2v) is 8.93. The molecule has 0 spiro atoms. The molecular formula is C23H25FN4O2S. The molecule has 6 nitrogen and oxygen atoms in total. The van der Waals surface area contributed by atoms with Crippen LogP contribution in [0.4, 0.5) is 4.39 Å². The van der Waals surface area contributed by atoms with Gasteiger partial charge in [-0.2, -0.15) is 0 Å². The monoisotopic (exact) mass is 440 g/mol. The van der Waals surface area contributed by atoms with Crippen molar-refractivity contribution in [2.24, 2.45) is 5.41 Å². The van der Waals surface area contributed by atoms with Gasteiger partial charge in [-0.05, 0) is 42.3 Å². The molecule has 0 saturated heterocycles. The molecule has 3 aromatic rings. The SMILES string of the molecule is CCCc1nnc(SC(c2ccc(F)cc2)C(C)(C)C=N)n1-c1cccc(C(=O)O)c1. The Bertz CT molecular complexity index is 1080. The maximum absolute atomic E-state index is 13.5. The number of aromatic carboxylic acids is 1. The van der Waals surface area contributed by atoms with Gasteiger partial charge >= 0.3 is 5.97 Å². The lowest BCUT2D eigenvalue weighted by Crippen LogP contribution is -2.22. The lowest BCUT2D eigenvalue weighted by Gasteiger charge is -2.30. The maximum atomic E-state index is 13.5. The number of carbonyl (C=O) groups is 1. The highest BCUT2D eigenvalue weighted by molar-refractivity contribution is 7.99. The van der Waals surface area contributed by atoms with Crippen molar-refractivity contribution in [3.63, 3.8) is 0 Å². The summed E-state index contributed by atoms with van der Waals surface area (Å²) in [6.45, 7) is 5.93. The van der Waals surface area contributed by atoms with E-state index in [1.807, 2.05) is 31.4 Å². The number of benzene rings is 2. The lowest BCUT2D eigenvalue weighted by molar-refractivity contribution is 0.0697. The molecule has 2 N–H and O–H groups in total. The summed E-state index contributed by atoms with van der Waals surface area (Å²) in [5, 5.41) is 26.5. The number of aryl methyl sites for hydroxylation is 1. The van der Waals surface area contributed by atoms with Crippen LogP contribution in [0, 0.1) is 16.6 Å². The molecule has 1 atom stereocenters. The molecule has 0 bridgehead atoms. The van der Waals surface area contributed by atoms with Crippen LogP contribution in [0.3, 0.4) is 0 Å². The minimum atomic E-state index is -1.00. The van der Waals surface area contributed by atoms with Crippen LogP contribution in [0.2, 0.25) is 0 Å². The number of carboxylic acids is 1. The van der Waals surface area contributed by atoms with Crippen LogP contribution >= 0.6 is 11.8 Å². The van der Waals surface area contributed by atoms with Crippen molar-refractivity contribution in [1.82, 2.24) is 14.8 Å². The van der Waals surface area contributed by atoms with Gasteiger partial charge in [-0.3, -0.25) is 4.57 Å². The third-order valence-corrected chi connectivity index (χ3v) is 6.56. The zero-order valence-corrected chi connectivity index (χ0v) is 18.5. The maximum Gasteiger partial charge on any atom is 0.335 e. The molecule has 0 fully saturated rings. The Balaban J connectivity index is 2.11. The molecule has 31 heavy (non-hydrogen) atoms. The Morgan fingerprint density at radius 3 is 2.58 bits per heavy atom. The number of nitrogens with one attached hydrogen (secondary N) is 1. The summed E-state index contributed by atoms with van der Waals surface area (Å²) < 4.78 is 15.4. The molecule has 8 heteroatoms. The quantitative estimate of drug-likeness (QED) is 0.335. The smallest absolute Gasteiger partial charge is 0.335 e. The average molecular weight is 441 g/mol. The molecule has 0 aliphatic rings. The summed E-state index contributed by atoms with van der Waals surface area (Å²) in [4.78, 5) is 11.5. The summed E-state index contributed by atoms with van der Waals surface area (Å²) in [5.74, 6) is -0.590. The molecule has 0 aliphatic carbocycles. The van der Waals surface area contributed by atoms with E-state index in [4.69, 9.17) is 5.41 Å². The molecule has 1 unspecified atom stereocenters. The molecule has 1 aromatic heterocycles. The predicted molar refractivity (Wildman–Crippen MR) is 120 cm³/mol. The van der Waals surface area contributed by atoms with Crippen LogP contribution in [-0.4, -0.2) is 32.1 Å². The van der Waals surface area contributed by atoms with Crippen molar-refractivity contribution in [3.8, 4) is 5.69 Å². The number of rotatable bonds is 9. The van der Waals surface area contributed by atoms with Crippen molar-refractivity contribution < 1.29 is 14.3 Å². The highest BCUT2D eigenvalue weighted by Crippen LogP contribution is 2.46. The fourth-order valence-corrected chi connectivity index (χ4v) is 4.55. The lowest BCUT2D eigenvalue weighted by atomic mass is 9.86. The molecule has 0 saturated carbocycles. The van der Waals surface area contributed by atoms with E-state index in [2.05, 4.69) is 10.2 Å². The van der Waals surface area contributed by atoms with E-state index in [1.54, 1.807) is 30.3 Å². The van der Waals surface area contributed by atoms with Crippen molar-refractivity contribution in [3.05, 3.63) is 71.3 Å². The molecule has 0 radical (unpaired) electrons. The minimum absolute atomic E-state index is 0.180. The second-order valence-electron chi connectivity index (χ2n) is 7.85. The first kappa shape index (κ1) is 22.7. The van der Waals surface area contributed by atoms with Crippen LogP contribution in [-0.2, 0) is 6.42 Å².